The van der Waals surface area contributed by atoms with Crippen LogP contribution in [0.2, 0.25) is 0 Å². The zero-order valence-electron chi connectivity index (χ0n) is 12.8. The molecule has 3 rings (SSSR count). The smallest absolute Gasteiger partial charge is 0.103 e. The molecule has 5 heteroatoms. The number of fused-ring (bicyclic) bond motifs is 1. The topological polar surface area (TPSA) is 90.5 Å². The predicted molar refractivity (Wildman–Crippen MR) is 93.4 cm³/mol. The van der Waals surface area contributed by atoms with E-state index in [2.05, 4.69) is 28.3 Å². The van der Waals surface area contributed by atoms with Crippen molar-refractivity contribution in [2.45, 2.75) is 6.92 Å². The van der Waals surface area contributed by atoms with Gasteiger partial charge in [0.15, 0.2) is 0 Å². The SMILES string of the molecule is Cc1c(Nc2c(C#N)cncc2C=CCN)ccc2[nH]ccc12. The van der Waals surface area contributed by atoms with Crippen LogP contribution in [0.4, 0.5) is 11.4 Å². The van der Waals surface area contributed by atoms with Gasteiger partial charge in [-0.05, 0) is 30.7 Å². The number of hydrogen-bond donors (Lipinski definition) is 3. The van der Waals surface area contributed by atoms with Gasteiger partial charge in [-0.2, -0.15) is 5.26 Å². The van der Waals surface area contributed by atoms with Crippen LogP contribution in [0.3, 0.4) is 0 Å². The number of benzene rings is 1. The number of nitrogens with zero attached hydrogens (tertiary/aromatic N) is 2. The van der Waals surface area contributed by atoms with Crippen molar-refractivity contribution in [3.8, 4) is 6.07 Å². The number of anilines is 2. The lowest BCUT2D eigenvalue weighted by Crippen LogP contribution is -2.00. The molecule has 0 spiro atoms. The quantitative estimate of drug-likeness (QED) is 0.688. The summed E-state index contributed by atoms with van der Waals surface area (Å²) in [6.07, 6.45) is 8.92. The summed E-state index contributed by atoms with van der Waals surface area (Å²) < 4.78 is 0. The Kier molecular flexibility index (Phi) is 4.09. The first-order valence-corrected chi connectivity index (χ1v) is 7.33. The van der Waals surface area contributed by atoms with Crippen molar-refractivity contribution in [3.63, 3.8) is 0 Å². The van der Waals surface area contributed by atoms with E-state index < -0.39 is 0 Å². The van der Waals surface area contributed by atoms with E-state index in [1.807, 2.05) is 36.5 Å². The van der Waals surface area contributed by atoms with Gasteiger partial charge in [-0.25, -0.2) is 0 Å². The van der Waals surface area contributed by atoms with Crippen LogP contribution in [0.5, 0.6) is 0 Å². The van der Waals surface area contributed by atoms with E-state index in [1.165, 1.54) is 0 Å². The predicted octanol–water partition coefficient (Wildman–Crippen LogP) is 3.46. The fraction of sp³-hybridized carbons (Fsp3) is 0.111. The maximum absolute atomic E-state index is 9.37. The minimum atomic E-state index is 0.435. The van der Waals surface area contributed by atoms with E-state index in [9.17, 15) is 5.26 Å². The van der Waals surface area contributed by atoms with Crippen LogP contribution in [-0.2, 0) is 0 Å². The van der Waals surface area contributed by atoms with Crippen molar-refractivity contribution in [2.75, 3.05) is 11.9 Å². The van der Waals surface area contributed by atoms with Gasteiger partial charge in [0.25, 0.3) is 0 Å². The first kappa shape index (κ1) is 14.8. The second kappa shape index (κ2) is 6.34. The Morgan fingerprint density at radius 1 is 1.35 bits per heavy atom. The average molecular weight is 303 g/mol. The molecule has 0 saturated carbocycles. The molecule has 0 fully saturated rings. The van der Waals surface area contributed by atoms with E-state index in [4.69, 9.17) is 5.73 Å². The summed E-state index contributed by atoms with van der Waals surface area (Å²) in [6, 6.07) is 8.26. The second-order valence-corrected chi connectivity index (χ2v) is 5.20. The fourth-order valence-corrected chi connectivity index (χ4v) is 2.58. The highest BCUT2D eigenvalue weighted by atomic mass is 14.9. The normalized spacial score (nSPS) is 11.0. The number of aromatic amines is 1. The van der Waals surface area contributed by atoms with Gasteiger partial charge in [-0.3, -0.25) is 4.98 Å². The maximum atomic E-state index is 9.37. The van der Waals surface area contributed by atoms with E-state index in [1.54, 1.807) is 12.4 Å². The number of nitrogens with two attached hydrogens (primary N) is 1. The van der Waals surface area contributed by atoms with Gasteiger partial charge in [0.1, 0.15) is 6.07 Å². The zero-order chi connectivity index (χ0) is 16.2. The highest BCUT2D eigenvalue weighted by Crippen LogP contribution is 2.30. The van der Waals surface area contributed by atoms with E-state index in [0.29, 0.717) is 12.1 Å². The molecule has 2 aromatic heterocycles. The molecule has 114 valence electrons. The largest absolute Gasteiger partial charge is 0.361 e. The third-order valence-electron chi connectivity index (χ3n) is 3.79. The molecule has 0 aliphatic rings. The van der Waals surface area contributed by atoms with Gasteiger partial charge in [0, 0.05) is 47.3 Å². The first-order valence-electron chi connectivity index (χ1n) is 7.33. The Bertz CT molecular complexity index is 915. The highest BCUT2D eigenvalue weighted by Gasteiger charge is 2.10. The van der Waals surface area contributed by atoms with Gasteiger partial charge in [0.2, 0.25) is 0 Å². The molecule has 4 N–H and O–H groups in total. The van der Waals surface area contributed by atoms with Crippen molar-refractivity contribution >= 4 is 28.4 Å². The second-order valence-electron chi connectivity index (χ2n) is 5.20. The summed E-state index contributed by atoms with van der Waals surface area (Å²) in [5, 5.41) is 13.9. The van der Waals surface area contributed by atoms with Crippen LogP contribution < -0.4 is 11.1 Å². The molecule has 3 aromatic rings. The molecule has 0 unspecified atom stereocenters. The Morgan fingerprint density at radius 2 is 2.22 bits per heavy atom. The lowest BCUT2D eigenvalue weighted by atomic mass is 10.1. The first-order chi connectivity index (χ1) is 11.2. The Morgan fingerprint density at radius 3 is 3.00 bits per heavy atom. The summed E-state index contributed by atoms with van der Waals surface area (Å²) in [6.45, 7) is 2.49. The molecule has 1 aromatic carbocycles. The van der Waals surface area contributed by atoms with Crippen LogP contribution in [-0.4, -0.2) is 16.5 Å². The number of pyridine rings is 1. The summed E-state index contributed by atoms with van der Waals surface area (Å²) in [5.41, 5.74) is 10.8. The monoisotopic (exact) mass is 303 g/mol. The van der Waals surface area contributed by atoms with Crippen molar-refractivity contribution in [1.82, 2.24) is 9.97 Å². The van der Waals surface area contributed by atoms with Crippen LogP contribution >= 0.6 is 0 Å². The minimum absolute atomic E-state index is 0.435. The molecule has 2 heterocycles. The summed E-state index contributed by atoms with van der Waals surface area (Å²) in [7, 11) is 0. The molecule has 0 amide bonds. The molecule has 0 radical (unpaired) electrons. The van der Waals surface area contributed by atoms with Crippen LogP contribution in [0.1, 0.15) is 16.7 Å². The Labute approximate surface area is 134 Å². The lowest BCUT2D eigenvalue weighted by Gasteiger charge is -2.14. The molecule has 0 bridgehead atoms. The number of aromatic nitrogens is 2. The number of nitrogens with one attached hydrogen (secondary N) is 2. The van der Waals surface area contributed by atoms with Gasteiger partial charge >= 0.3 is 0 Å². The van der Waals surface area contributed by atoms with Gasteiger partial charge < -0.3 is 16.0 Å². The molecular weight excluding hydrogens is 286 g/mol. The zero-order valence-corrected chi connectivity index (χ0v) is 12.8. The fourth-order valence-electron chi connectivity index (χ4n) is 2.58. The standard InChI is InChI=1S/C18H17N5/c1-12-15-6-8-22-17(15)5-4-16(12)23-18-13(3-2-7-19)10-21-11-14(18)9-20/h2-6,8,10-11,22H,7,19H2,1H3,(H,21,23). The Balaban J connectivity index is 2.09. The molecule has 5 nitrogen and oxygen atoms in total. The summed E-state index contributed by atoms with van der Waals surface area (Å²) >= 11 is 0. The van der Waals surface area contributed by atoms with Crippen LogP contribution in [0.15, 0.2) is 42.9 Å². The molecule has 0 aliphatic carbocycles. The van der Waals surface area contributed by atoms with Crippen LogP contribution in [0.25, 0.3) is 17.0 Å². The van der Waals surface area contributed by atoms with Gasteiger partial charge in [0.05, 0.1) is 11.3 Å². The third-order valence-corrected chi connectivity index (χ3v) is 3.79. The average Bonchev–Trinajstić information content (AvgIpc) is 3.05. The molecule has 0 atom stereocenters. The minimum Gasteiger partial charge on any atom is -0.361 e. The maximum Gasteiger partial charge on any atom is 0.103 e. The molecule has 0 aliphatic heterocycles. The van der Waals surface area contributed by atoms with E-state index in [-0.39, 0.29) is 0 Å². The van der Waals surface area contributed by atoms with Gasteiger partial charge in [-0.1, -0.05) is 12.2 Å². The van der Waals surface area contributed by atoms with Crippen molar-refractivity contribution in [2.24, 2.45) is 5.73 Å². The Hall–Kier alpha value is -3.10. The van der Waals surface area contributed by atoms with E-state index >= 15 is 0 Å². The van der Waals surface area contributed by atoms with Crippen molar-refractivity contribution < 1.29 is 0 Å². The number of aryl methyl sites for hydroxylation is 1. The molecule has 0 saturated heterocycles. The van der Waals surface area contributed by atoms with Crippen LogP contribution in [0, 0.1) is 18.3 Å². The molecular formula is C18H17N5. The highest BCUT2D eigenvalue weighted by molar-refractivity contribution is 5.89. The lowest BCUT2D eigenvalue weighted by molar-refractivity contribution is 1.25. The number of nitriles is 1. The molecule has 23 heavy (non-hydrogen) atoms. The number of rotatable bonds is 4. The van der Waals surface area contributed by atoms with Gasteiger partial charge in [-0.15, -0.1) is 0 Å². The van der Waals surface area contributed by atoms with E-state index in [0.717, 1.165) is 33.4 Å². The van der Waals surface area contributed by atoms with Crippen molar-refractivity contribution in [1.29, 1.82) is 5.26 Å². The third kappa shape index (κ3) is 2.80. The van der Waals surface area contributed by atoms with Crippen molar-refractivity contribution in [3.05, 3.63) is 59.6 Å². The number of hydrogen-bond acceptors (Lipinski definition) is 4. The summed E-state index contributed by atoms with van der Waals surface area (Å²) in [5.74, 6) is 0. The summed E-state index contributed by atoms with van der Waals surface area (Å²) in [4.78, 5) is 7.31. The number of H-pyrrole nitrogens is 1.